The van der Waals surface area contributed by atoms with E-state index in [-0.39, 0.29) is 5.91 Å². The van der Waals surface area contributed by atoms with Crippen molar-refractivity contribution in [1.29, 1.82) is 5.26 Å². The molecule has 1 unspecified atom stereocenters. The van der Waals surface area contributed by atoms with Gasteiger partial charge in [0.2, 0.25) is 5.91 Å². The fourth-order valence-electron chi connectivity index (χ4n) is 1.59. The van der Waals surface area contributed by atoms with E-state index < -0.39 is 5.41 Å². The lowest BCUT2D eigenvalue weighted by Crippen LogP contribution is -2.42. The van der Waals surface area contributed by atoms with Crippen LogP contribution in [0.15, 0.2) is 0 Å². The van der Waals surface area contributed by atoms with E-state index >= 15 is 0 Å². The third-order valence-corrected chi connectivity index (χ3v) is 3.27. The lowest BCUT2D eigenvalue weighted by atomic mass is 9.87. The maximum absolute atomic E-state index is 12.1. The SMILES string of the molecule is CCN(CC1CC1)C(=O)C(C)(C#N)CC. The highest BCUT2D eigenvalue weighted by molar-refractivity contribution is 5.85. The van der Waals surface area contributed by atoms with Crippen molar-refractivity contribution in [2.75, 3.05) is 13.1 Å². The summed E-state index contributed by atoms with van der Waals surface area (Å²) in [5.41, 5.74) is -0.828. The first-order valence-electron chi connectivity index (χ1n) is 5.78. The van der Waals surface area contributed by atoms with E-state index in [9.17, 15) is 4.79 Å². The smallest absolute Gasteiger partial charge is 0.242 e. The molecule has 1 aliphatic rings. The Bertz CT molecular complexity index is 278. The largest absolute Gasteiger partial charge is 0.341 e. The number of hydrogen-bond donors (Lipinski definition) is 0. The molecule has 1 amide bonds. The minimum atomic E-state index is -0.828. The zero-order valence-corrected chi connectivity index (χ0v) is 9.92. The van der Waals surface area contributed by atoms with Crippen LogP contribution in [0.25, 0.3) is 0 Å². The standard InChI is InChI=1S/C12H20N2O/c1-4-12(3,9-13)11(15)14(5-2)8-10-6-7-10/h10H,4-8H2,1-3H3. The van der Waals surface area contributed by atoms with Crippen LogP contribution in [0.4, 0.5) is 0 Å². The zero-order valence-electron chi connectivity index (χ0n) is 9.92. The van der Waals surface area contributed by atoms with Gasteiger partial charge in [0.25, 0.3) is 0 Å². The Labute approximate surface area is 92.1 Å². The van der Waals surface area contributed by atoms with Gasteiger partial charge in [-0.1, -0.05) is 6.92 Å². The summed E-state index contributed by atoms with van der Waals surface area (Å²) in [6.07, 6.45) is 3.06. The van der Waals surface area contributed by atoms with E-state index in [0.29, 0.717) is 18.9 Å². The van der Waals surface area contributed by atoms with Gasteiger partial charge in [0.15, 0.2) is 0 Å². The Hall–Kier alpha value is -1.04. The van der Waals surface area contributed by atoms with Crippen LogP contribution in [-0.2, 0) is 4.79 Å². The van der Waals surface area contributed by atoms with Gasteiger partial charge in [-0.3, -0.25) is 4.79 Å². The normalized spacial score (nSPS) is 19.1. The molecule has 0 saturated heterocycles. The summed E-state index contributed by atoms with van der Waals surface area (Å²) < 4.78 is 0. The zero-order chi connectivity index (χ0) is 11.5. The Balaban J connectivity index is 2.66. The second kappa shape index (κ2) is 4.65. The average molecular weight is 208 g/mol. The molecule has 0 aromatic heterocycles. The molecule has 15 heavy (non-hydrogen) atoms. The Morgan fingerprint density at radius 2 is 2.13 bits per heavy atom. The van der Waals surface area contributed by atoms with Gasteiger partial charge in [0.05, 0.1) is 6.07 Å². The van der Waals surface area contributed by atoms with Crippen molar-refractivity contribution in [2.24, 2.45) is 11.3 Å². The molecule has 1 rings (SSSR count). The molecule has 1 atom stereocenters. The molecule has 0 spiro atoms. The minimum absolute atomic E-state index is 0.00176. The van der Waals surface area contributed by atoms with Crippen LogP contribution in [0.3, 0.4) is 0 Å². The van der Waals surface area contributed by atoms with Gasteiger partial charge in [0, 0.05) is 13.1 Å². The van der Waals surface area contributed by atoms with Gasteiger partial charge in [-0.05, 0) is 39.0 Å². The molecular weight excluding hydrogens is 188 g/mol. The first-order chi connectivity index (χ1) is 7.07. The molecule has 3 heteroatoms. The number of amides is 1. The second-order valence-electron chi connectivity index (χ2n) is 4.58. The molecule has 0 bridgehead atoms. The fraction of sp³-hybridized carbons (Fsp3) is 0.833. The molecule has 1 saturated carbocycles. The Kier molecular flexibility index (Phi) is 3.73. The maximum Gasteiger partial charge on any atom is 0.242 e. The maximum atomic E-state index is 12.1. The van der Waals surface area contributed by atoms with Crippen LogP contribution in [0, 0.1) is 22.7 Å². The highest BCUT2D eigenvalue weighted by Gasteiger charge is 2.36. The summed E-state index contributed by atoms with van der Waals surface area (Å²) >= 11 is 0. The van der Waals surface area contributed by atoms with Crippen molar-refractivity contribution in [3.8, 4) is 6.07 Å². The van der Waals surface area contributed by atoms with E-state index in [1.807, 2.05) is 18.7 Å². The third-order valence-electron chi connectivity index (χ3n) is 3.27. The fourth-order valence-corrected chi connectivity index (χ4v) is 1.59. The molecule has 3 nitrogen and oxygen atoms in total. The van der Waals surface area contributed by atoms with Gasteiger partial charge in [-0.2, -0.15) is 5.26 Å². The lowest BCUT2D eigenvalue weighted by Gasteiger charge is -2.28. The number of hydrogen-bond acceptors (Lipinski definition) is 2. The highest BCUT2D eigenvalue weighted by atomic mass is 16.2. The monoisotopic (exact) mass is 208 g/mol. The van der Waals surface area contributed by atoms with Crippen molar-refractivity contribution in [1.82, 2.24) is 4.90 Å². The number of carbonyl (C=O) groups is 1. The quantitative estimate of drug-likeness (QED) is 0.695. The van der Waals surface area contributed by atoms with Crippen molar-refractivity contribution < 1.29 is 4.79 Å². The van der Waals surface area contributed by atoms with Crippen molar-refractivity contribution >= 4 is 5.91 Å². The van der Waals surface area contributed by atoms with Crippen LogP contribution in [-0.4, -0.2) is 23.9 Å². The second-order valence-corrected chi connectivity index (χ2v) is 4.58. The van der Waals surface area contributed by atoms with E-state index in [4.69, 9.17) is 5.26 Å². The first-order valence-corrected chi connectivity index (χ1v) is 5.78. The van der Waals surface area contributed by atoms with Crippen LogP contribution in [0.2, 0.25) is 0 Å². The topological polar surface area (TPSA) is 44.1 Å². The van der Waals surface area contributed by atoms with Crippen LogP contribution in [0.1, 0.15) is 40.0 Å². The predicted molar refractivity (Wildman–Crippen MR) is 59.0 cm³/mol. The van der Waals surface area contributed by atoms with Crippen LogP contribution in [0.5, 0.6) is 0 Å². The Morgan fingerprint density at radius 3 is 2.47 bits per heavy atom. The van der Waals surface area contributed by atoms with E-state index in [1.165, 1.54) is 12.8 Å². The number of nitriles is 1. The average Bonchev–Trinajstić information content (AvgIpc) is 3.07. The summed E-state index contributed by atoms with van der Waals surface area (Å²) in [5.74, 6) is 0.690. The summed E-state index contributed by atoms with van der Waals surface area (Å²) in [7, 11) is 0. The molecule has 84 valence electrons. The molecule has 0 heterocycles. The predicted octanol–water partition coefficient (Wildman–Crippen LogP) is 2.18. The Morgan fingerprint density at radius 1 is 1.53 bits per heavy atom. The van der Waals surface area contributed by atoms with E-state index in [0.717, 1.165) is 6.54 Å². The highest BCUT2D eigenvalue weighted by Crippen LogP contribution is 2.31. The summed E-state index contributed by atoms with van der Waals surface area (Å²) in [6.45, 7) is 7.17. The molecular formula is C12H20N2O. The molecule has 0 aromatic carbocycles. The summed E-state index contributed by atoms with van der Waals surface area (Å²) in [6, 6.07) is 2.15. The summed E-state index contributed by atoms with van der Waals surface area (Å²) in [5, 5.41) is 9.05. The number of rotatable bonds is 5. The van der Waals surface area contributed by atoms with E-state index in [1.54, 1.807) is 6.92 Å². The molecule has 1 fully saturated rings. The van der Waals surface area contributed by atoms with Crippen molar-refractivity contribution in [2.45, 2.75) is 40.0 Å². The van der Waals surface area contributed by atoms with Crippen molar-refractivity contribution in [3.63, 3.8) is 0 Å². The van der Waals surface area contributed by atoms with Crippen LogP contribution >= 0.6 is 0 Å². The molecule has 0 aliphatic heterocycles. The van der Waals surface area contributed by atoms with Gasteiger partial charge < -0.3 is 4.90 Å². The lowest BCUT2D eigenvalue weighted by molar-refractivity contribution is -0.138. The molecule has 0 N–H and O–H groups in total. The van der Waals surface area contributed by atoms with Gasteiger partial charge >= 0.3 is 0 Å². The first kappa shape index (κ1) is 12.0. The summed E-state index contributed by atoms with van der Waals surface area (Å²) in [4.78, 5) is 14.0. The van der Waals surface area contributed by atoms with Crippen LogP contribution < -0.4 is 0 Å². The van der Waals surface area contributed by atoms with E-state index in [2.05, 4.69) is 6.07 Å². The number of carbonyl (C=O) groups excluding carboxylic acids is 1. The molecule has 0 aromatic rings. The molecule has 0 radical (unpaired) electrons. The van der Waals surface area contributed by atoms with Gasteiger partial charge in [0.1, 0.15) is 5.41 Å². The van der Waals surface area contributed by atoms with Crippen molar-refractivity contribution in [3.05, 3.63) is 0 Å². The molecule has 1 aliphatic carbocycles. The van der Waals surface area contributed by atoms with Gasteiger partial charge in [-0.15, -0.1) is 0 Å². The van der Waals surface area contributed by atoms with Gasteiger partial charge in [-0.25, -0.2) is 0 Å². The minimum Gasteiger partial charge on any atom is -0.341 e. The third kappa shape index (κ3) is 2.71. The number of nitrogens with zero attached hydrogens (tertiary/aromatic N) is 2.